The lowest BCUT2D eigenvalue weighted by atomic mass is 9.86. The van der Waals surface area contributed by atoms with Crippen molar-refractivity contribution in [2.24, 2.45) is 0 Å². The van der Waals surface area contributed by atoms with Crippen molar-refractivity contribution in [2.45, 2.75) is 33.1 Å². The van der Waals surface area contributed by atoms with E-state index in [0.29, 0.717) is 38.7 Å². The lowest BCUT2D eigenvalue weighted by molar-refractivity contribution is 0.105. The lowest BCUT2D eigenvalue weighted by Crippen LogP contribution is -2.49. The summed E-state index contributed by atoms with van der Waals surface area (Å²) in [4.78, 5) is 24.8. The van der Waals surface area contributed by atoms with Gasteiger partial charge in [-0.1, -0.05) is 39.0 Å². The summed E-state index contributed by atoms with van der Waals surface area (Å²) in [7, 11) is 0. The first kappa shape index (κ1) is 19.9. The van der Waals surface area contributed by atoms with Gasteiger partial charge in [-0.3, -0.25) is 0 Å². The number of hydrogen-bond donors (Lipinski definition) is 1. The molecule has 1 saturated heterocycles. The van der Waals surface area contributed by atoms with Crippen LogP contribution in [0.25, 0.3) is 0 Å². The molecule has 0 spiro atoms. The van der Waals surface area contributed by atoms with Gasteiger partial charge in [0.2, 0.25) is 5.95 Å². The molecule has 1 aliphatic heterocycles. The largest absolute Gasteiger partial charge is 0.450 e. The Kier molecular flexibility index (Phi) is 6.02. The SMILES string of the molecule is CCOC(=O)N1CCN(c2ccnc(Nc3ccccc3C(C)(C)C)n2)CC1. The molecule has 0 radical (unpaired) electrons. The van der Waals surface area contributed by atoms with E-state index in [1.165, 1.54) is 5.56 Å². The first-order chi connectivity index (χ1) is 13.4. The highest BCUT2D eigenvalue weighted by molar-refractivity contribution is 5.68. The van der Waals surface area contributed by atoms with Gasteiger partial charge < -0.3 is 19.9 Å². The first-order valence-electron chi connectivity index (χ1n) is 9.74. The number of carbonyl (C=O) groups is 1. The van der Waals surface area contributed by atoms with Crippen LogP contribution in [-0.4, -0.2) is 53.7 Å². The zero-order valence-corrected chi connectivity index (χ0v) is 17.1. The summed E-state index contributed by atoms with van der Waals surface area (Å²) < 4.78 is 5.08. The minimum atomic E-state index is -0.244. The molecule has 1 aliphatic rings. The van der Waals surface area contributed by atoms with Crippen molar-refractivity contribution in [3.8, 4) is 0 Å². The Balaban J connectivity index is 1.70. The molecule has 7 heteroatoms. The maximum Gasteiger partial charge on any atom is 0.409 e. The lowest BCUT2D eigenvalue weighted by Gasteiger charge is -2.34. The maximum atomic E-state index is 11.9. The molecule has 1 N–H and O–H groups in total. The predicted octanol–water partition coefficient (Wildman–Crippen LogP) is 3.80. The number of rotatable bonds is 4. The molecule has 1 aromatic heterocycles. The second kappa shape index (κ2) is 8.46. The number of benzene rings is 1. The molecular formula is C21H29N5O2. The van der Waals surface area contributed by atoms with Crippen LogP contribution < -0.4 is 10.2 Å². The molecule has 2 heterocycles. The fraction of sp³-hybridized carbons (Fsp3) is 0.476. The Labute approximate surface area is 166 Å². The van der Waals surface area contributed by atoms with Crippen LogP contribution in [0.2, 0.25) is 0 Å². The van der Waals surface area contributed by atoms with Crippen molar-refractivity contribution in [2.75, 3.05) is 43.0 Å². The number of piperazine rings is 1. The number of anilines is 3. The minimum absolute atomic E-state index is 0.0185. The second-order valence-electron chi connectivity index (χ2n) is 7.83. The second-order valence-corrected chi connectivity index (χ2v) is 7.83. The van der Waals surface area contributed by atoms with Crippen molar-refractivity contribution in [3.63, 3.8) is 0 Å². The third-order valence-corrected chi connectivity index (χ3v) is 4.75. The van der Waals surface area contributed by atoms with E-state index in [0.717, 1.165) is 11.5 Å². The normalized spacial score (nSPS) is 14.7. The summed E-state index contributed by atoms with van der Waals surface area (Å²) in [6.45, 7) is 11.5. The van der Waals surface area contributed by atoms with Crippen LogP contribution in [0.4, 0.5) is 22.2 Å². The Morgan fingerprint density at radius 2 is 1.86 bits per heavy atom. The van der Waals surface area contributed by atoms with E-state index in [4.69, 9.17) is 9.72 Å². The van der Waals surface area contributed by atoms with Gasteiger partial charge in [0.1, 0.15) is 5.82 Å². The van der Waals surface area contributed by atoms with Gasteiger partial charge in [-0.2, -0.15) is 4.98 Å². The number of aromatic nitrogens is 2. The Morgan fingerprint density at radius 3 is 2.54 bits per heavy atom. The number of hydrogen-bond acceptors (Lipinski definition) is 6. The summed E-state index contributed by atoms with van der Waals surface area (Å²) in [6, 6.07) is 10.1. The number of amides is 1. The van der Waals surface area contributed by atoms with Gasteiger partial charge in [-0.25, -0.2) is 9.78 Å². The third-order valence-electron chi connectivity index (χ3n) is 4.75. The van der Waals surface area contributed by atoms with Crippen LogP contribution in [-0.2, 0) is 10.2 Å². The summed E-state index contributed by atoms with van der Waals surface area (Å²) >= 11 is 0. The predicted molar refractivity (Wildman–Crippen MR) is 111 cm³/mol. The quantitative estimate of drug-likeness (QED) is 0.866. The first-order valence-corrected chi connectivity index (χ1v) is 9.74. The van der Waals surface area contributed by atoms with Gasteiger partial charge in [0.25, 0.3) is 0 Å². The topological polar surface area (TPSA) is 70.6 Å². The molecule has 150 valence electrons. The van der Waals surface area contributed by atoms with Gasteiger partial charge in [0, 0.05) is 38.1 Å². The Hall–Kier alpha value is -2.83. The molecule has 3 rings (SSSR count). The van der Waals surface area contributed by atoms with Gasteiger partial charge in [0.15, 0.2) is 0 Å². The number of para-hydroxylation sites is 1. The fourth-order valence-electron chi connectivity index (χ4n) is 3.28. The van der Waals surface area contributed by atoms with Crippen LogP contribution >= 0.6 is 0 Å². The maximum absolute atomic E-state index is 11.9. The van der Waals surface area contributed by atoms with E-state index in [-0.39, 0.29) is 11.5 Å². The minimum Gasteiger partial charge on any atom is -0.450 e. The van der Waals surface area contributed by atoms with E-state index in [1.54, 1.807) is 11.1 Å². The van der Waals surface area contributed by atoms with Gasteiger partial charge in [-0.15, -0.1) is 0 Å². The summed E-state index contributed by atoms with van der Waals surface area (Å²) in [5.74, 6) is 1.43. The van der Waals surface area contributed by atoms with Crippen LogP contribution in [0, 0.1) is 0 Å². The van der Waals surface area contributed by atoms with E-state index in [1.807, 2.05) is 25.1 Å². The summed E-state index contributed by atoms with van der Waals surface area (Å²) in [5, 5.41) is 3.37. The monoisotopic (exact) mass is 383 g/mol. The molecular weight excluding hydrogens is 354 g/mol. The summed E-state index contributed by atoms with van der Waals surface area (Å²) in [6.07, 6.45) is 1.52. The molecule has 2 aromatic rings. The Morgan fingerprint density at radius 1 is 1.14 bits per heavy atom. The van der Waals surface area contributed by atoms with Crippen LogP contribution in [0.15, 0.2) is 36.5 Å². The molecule has 0 atom stereocenters. The van der Waals surface area contributed by atoms with Crippen molar-refractivity contribution in [1.82, 2.24) is 14.9 Å². The zero-order chi connectivity index (χ0) is 20.1. The average Bonchev–Trinajstić information content (AvgIpc) is 2.68. The molecule has 0 bridgehead atoms. The van der Waals surface area contributed by atoms with Crippen molar-refractivity contribution < 1.29 is 9.53 Å². The van der Waals surface area contributed by atoms with Gasteiger partial charge in [0.05, 0.1) is 6.61 Å². The zero-order valence-electron chi connectivity index (χ0n) is 17.1. The number of nitrogens with one attached hydrogen (secondary N) is 1. The van der Waals surface area contributed by atoms with Crippen LogP contribution in [0.1, 0.15) is 33.3 Å². The van der Waals surface area contributed by atoms with E-state index < -0.39 is 0 Å². The van der Waals surface area contributed by atoms with Crippen molar-refractivity contribution >= 4 is 23.5 Å². The number of ether oxygens (including phenoxy) is 1. The van der Waals surface area contributed by atoms with E-state index in [2.05, 4.69) is 48.1 Å². The molecule has 28 heavy (non-hydrogen) atoms. The number of nitrogens with zero attached hydrogens (tertiary/aromatic N) is 4. The molecule has 0 aliphatic carbocycles. The Bertz CT molecular complexity index is 810. The molecule has 0 unspecified atom stereocenters. The van der Waals surface area contributed by atoms with Gasteiger partial charge in [-0.05, 0) is 30.0 Å². The van der Waals surface area contributed by atoms with E-state index in [9.17, 15) is 4.79 Å². The van der Waals surface area contributed by atoms with Gasteiger partial charge >= 0.3 is 6.09 Å². The third kappa shape index (κ3) is 4.71. The van der Waals surface area contributed by atoms with Crippen molar-refractivity contribution in [3.05, 3.63) is 42.1 Å². The van der Waals surface area contributed by atoms with Crippen LogP contribution in [0.3, 0.4) is 0 Å². The standard InChI is InChI=1S/C21H29N5O2/c1-5-28-20(27)26-14-12-25(13-15-26)18-10-11-22-19(24-18)23-17-9-7-6-8-16(17)21(2,3)4/h6-11H,5,12-15H2,1-4H3,(H,22,23,24). The average molecular weight is 383 g/mol. The molecule has 7 nitrogen and oxygen atoms in total. The highest BCUT2D eigenvalue weighted by Crippen LogP contribution is 2.30. The highest BCUT2D eigenvalue weighted by atomic mass is 16.6. The molecule has 1 fully saturated rings. The highest BCUT2D eigenvalue weighted by Gasteiger charge is 2.23. The van der Waals surface area contributed by atoms with Crippen molar-refractivity contribution in [1.29, 1.82) is 0 Å². The molecule has 0 saturated carbocycles. The van der Waals surface area contributed by atoms with E-state index >= 15 is 0 Å². The fourth-order valence-corrected chi connectivity index (χ4v) is 3.28. The number of carbonyl (C=O) groups excluding carboxylic acids is 1. The van der Waals surface area contributed by atoms with Crippen LogP contribution in [0.5, 0.6) is 0 Å². The summed E-state index contributed by atoms with van der Waals surface area (Å²) in [5.41, 5.74) is 2.25. The smallest absolute Gasteiger partial charge is 0.409 e. The molecule has 1 amide bonds. The molecule has 1 aromatic carbocycles.